The van der Waals surface area contributed by atoms with Crippen LogP contribution in [0.25, 0.3) is 0 Å². The average molecular weight is 387 g/mol. The van der Waals surface area contributed by atoms with Crippen LogP contribution < -0.4 is 5.32 Å². The summed E-state index contributed by atoms with van der Waals surface area (Å²) in [6, 6.07) is 7.01. The van der Waals surface area contributed by atoms with Crippen molar-refractivity contribution in [2.75, 3.05) is 13.1 Å². The summed E-state index contributed by atoms with van der Waals surface area (Å²) in [6.07, 6.45) is 2.40. The van der Waals surface area contributed by atoms with E-state index in [9.17, 15) is 19.2 Å². The molecule has 1 heterocycles. The number of imide groups is 2. The van der Waals surface area contributed by atoms with E-state index in [-0.39, 0.29) is 12.6 Å². The van der Waals surface area contributed by atoms with Crippen LogP contribution in [0.1, 0.15) is 57.7 Å². The second-order valence-corrected chi connectivity index (χ2v) is 7.61. The summed E-state index contributed by atoms with van der Waals surface area (Å²) in [6.45, 7) is 7.81. The van der Waals surface area contributed by atoms with Gasteiger partial charge in [0.15, 0.2) is 0 Å². The Morgan fingerprint density at radius 3 is 2.18 bits per heavy atom. The number of rotatable bonds is 9. The maximum atomic E-state index is 12.3. The van der Waals surface area contributed by atoms with Crippen molar-refractivity contribution >= 4 is 23.8 Å². The first-order valence-corrected chi connectivity index (χ1v) is 9.80. The third-order valence-electron chi connectivity index (χ3n) is 4.67. The molecule has 1 aromatic carbocycles. The van der Waals surface area contributed by atoms with Crippen LogP contribution in [0.15, 0.2) is 24.3 Å². The zero-order valence-electron chi connectivity index (χ0n) is 17.0. The van der Waals surface area contributed by atoms with E-state index in [1.807, 2.05) is 38.1 Å². The number of nitrogens with zero attached hydrogens (tertiary/aromatic N) is 2. The fourth-order valence-corrected chi connectivity index (χ4v) is 3.13. The van der Waals surface area contributed by atoms with E-state index in [1.54, 1.807) is 0 Å². The normalized spacial score (nSPS) is 15.5. The first-order chi connectivity index (χ1) is 13.2. The predicted octanol–water partition coefficient (Wildman–Crippen LogP) is 2.65. The molecule has 1 aliphatic heterocycles. The third kappa shape index (κ3) is 5.18. The van der Waals surface area contributed by atoms with Crippen LogP contribution in [-0.2, 0) is 20.8 Å². The van der Waals surface area contributed by atoms with E-state index < -0.39 is 30.3 Å². The summed E-state index contributed by atoms with van der Waals surface area (Å²) in [4.78, 5) is 50.2. The molecule has 0 aromatic heterocycles. The lowest BCUT2D eigenvalue weighted by atomic mass is 10.00. The second kappa shape index (κ2) is 9.48. The second-order valence-electron chi connectivity index (χ2n) is 7.61. The van der Waals surface area contributed by atoms with Crippen molar-refractivity contribution in [3.63, 3.8) is 0 Å². The molecule has 1 fully saturated rings. The molecule has 1 aliphatic rings. The largest absolute Gasteiger partial charge is 0.348 e. The Bertz CT molecular complexity index is 743. The Kier molecular flexibility index (Phi) is 7.31. The molecule has 1 aromatic rings. The zero-order chi connectivity index (χ0) is 20.8. The number of carbonyl (C=O) groups excluding carboxylic acids is 4. The van der Waals surface area contributed by atoms with Crippen molar-refractivity contribution in [1.29, 1.82) is 0 Å². The van der Waals surface area contributed by atoms with Crippen LogP contribution in [0.3, 0.4) is 0 Å². The maximum Gasteiger partial charge on any atom is 0.334 e. The van der Waals surface area contributed by atoms with Crippen LogP contribution in [0.5, 0.6) is 0 Å². The smallest absolute Gasteiger partial charge is 0.334 e. The van der Waals surface area contributed by atoms with Gasteiger partial charge in [0.05, 0.1) is 6.04 Å². The van der Waals surface area contributed by atoms with Crippen molar-refractivity contribution < 1.29 is 19.2 Å². The highest BCUT2D eigenvalue weighted by Crippen LogP contribution is 2.17. The summed E-state index contributed by atoms with van der Waals surface area (Å²) < 4.78 is 0. The Balaban J connectivity index is 1.94. The number of nitrogens with one attached hydrogen (secondary N) is 1. The van der Waals surface area contributed by atoms with E-state index >= 15 is 0 Å². The summed E-state index contributed by atoms with van der Waals surface area (Å²) in [5.41, 5.74) is 2.16. The molecule has 7 nitrogen and oxygen atoms in total. The van der Waals surface area contributed by atoms with Crippen molar-refractivity contribution in [1.82, 2.24) is 15.1 Å². The van der Waals surface area contributed by atoms with Crippen LogP contribution in [0, 0.1) is 5.92 Å². The standard InChI is InChI=1S/C21H29N3O4/c1-5-6-11-23-19(26)20(27)24(21(23)28)13-18(25)22-15(4)17-9-7-16(8-10-17)12-14(2)3/h7-10,14-15H,5-6,11-13H2,1-4H3,(H,22,25). The third-order valence-corrected chi connectivity index (χ3v) is 4.67. The van der Waals surface area contributed by atoms with Crippen LogP contribution in [0.2, 0.25) is 0 Å². The molecule has 152 valence electrons. The van der Waals surface area contributed by atoms with E-state index in [0.29, 0.717) is 17.2 Å². The van der Waals surface area contributed by atoms with Gasteiger partial charge in [-0.25, -0.2) is 9.69 Å². The highest BCUT2D eigenvalue weighted by atomic mass is 16.2. The molecule has 1 unspecified atom stereocenters. The summed E-state index contributed by atoms with van der Waals surface area (Å²) in [5, 5.41) is 2.78. The quantitative estimate of drug-likeness (QED) is 0.521. The molecule has 1 saturated heterocycles. The predicted molar refractivity (Wildman–Crippen MR) is 105 cm³/mol. The van der Waals surface area contributed by atoms with E-state index in [0.717, 1.165) is 23.3 Å². The van der Waals surface area contributed by atoms with Gasteiger partial charge in [-0.2, -0.15) is 0 Å². The van der Waals surface area contributed by atoms with Gasteiger partial charge in [-0.1, -0.05) is 51.5 Å². The minimum absolute atomic E-state index is 0.192. The highest BCUT2D eigenvalue weighted by Gasteiger charge is 2.44. The Hall–Kier alpha value is -2.70. The molecule has 5 amide bonds. The molecule has 7 heteroatoms. The van der Waals surface area contributed by atoms with E-state index in [2.05, 4.69) is 19.2 Å². The molecule has 1 atom stereocenters. The molecule has 0 saturated carbocycles. The van der Waals surface area contributed by atoms with Crippen molar-refractivity contribution in [3.05, 3.63) is 35.4 Å². The molecule has 0 spiro atoms. The fourth-order valence-electron chi connectivity index (χ4n) is 3.13. The molecule has 0 bridgehead atoms. The summed E-state index contributed by atoms with van der Waals surface area (Å²) in [7, 11) is 0. The van der Waals surface area contributed by atoms with Crippen molar-refractivity contribution in [3.8, 4) is 0 Å². The number of carbonyl (C=O) groups is 4. The van der Waals surface area contributed by atoms with Gasteiger partial charge in [0.1, 0.15) is 6.54 Å². The molecule has 1 N–H and O–H groups in total. The van der Waals surface area contributed by atoms with Crippen molar-refractivity contribution in [2.24, 2.45) is 5.92 Å². The number of amides is 5. The number of benzene rings is 1. The van der Waals surface area contributed by atoms with Gasteiger partial charge in [-0.3, -0.25) is 19.3 Å². The van der Waals surface area contributed by atoms with Crippen LogP contribution >= 0.6 is 0 Å². The number of hydrogen-bond acceptors (Lipinski definition) is 4. The Morgan fingerprint density at radius 1 is 1.00 bits per heavy atom. The first-order valence-electron chi connectivity index (χ1n) is 9.80. The SMILES string of the molecule is CCCCN1C(=O)C(=O)N(CC(=O)NC(C)c2ccc(CC(C)C)cc2)C1=O. The van der Waals surface area contributed by atoms with Crippen molar-refractivity contribution in [2.45, 2.75) is 53.0 Å². The minimum atomic E-state index is -0.943. The van der Waals surface area contributed by atoms with Crippen LogP contribution in [0.4, 0.5) is 4.79 Å². The topological polar surface area (TPSA) is 86.8 Å². The number of hydrogen-bond donors (Lipinski definition) is 1. The van der Waals surface area contributed by atoms with Gasteiger partial charge in [0, 0.05) is 6.54 Å². The zero-order valence-corrected chi connectivity index (χ0v) is 17.0. The van der Waals surface area contributed by atoms with Gasteiger partial charge >= 0.3 is 17.8 Å². The monoisotopic (exact) mass is 387 g/mol. The van der Waals surface area contributed by atoms with Gasteiger partial charge < -0.3 is 5.32 Å². The van der Waals surface area contributed by atoms with Gasteiger partial charge in [0.25, 0.3) is 0 Å². The van der Waals surface area contributed by atoms with Gasteiger partial charge in [0.2, 0.25) is 5.91 Å². The maximum absolute atomic E-state index is 12.3. The Morgan fingerprint density at radius 2 is 1.61 bits per heavy atom. The molecule has 0 aliphatic carbocycles. The van der Waals surface area contributed by atoms with E-state index in [1.165, 1.54) is 5.56 Å². The van der Waals surface area contributed by atoms with Gasteiger partial charge in [-0.05, 0) is 36.8 Å². The lowest BCUT2D eigenvalue weighted by Gasteiger charge is -2.18. The number of unbranched alkanes of at least 4 members (excludes halogenated alkanes) is 1. The van der Waals surface area contributed by atoms with Crippen LogP contribution in [-0.4, -0.2) is 46.6 Å². The molecular formula is C21H29N3O4. The van der Waals surface area contributed by atoms with E-state index in [4.69, 9.17) is 0 Å². The summed E-state index contributed by atoms with van der Waals surface area (Å²) in [5.74, 6) is -1.72. The number of urea groups is 1. The minimum Gasteiger partial charge on any atom is -0.348 e. The lowest BCUT2D eigenvalue weighted by Crippen LogP contribution is -2.42. The Labute approximate surface area is 166 Å². The lowest BCUT2D eigenvalue weighted by molar-refractivity contribution is -0.144. The highest BCUT2D eigenvalue weighted by molar-refractivity contribution is 6.45. The molecule has 0 radical (unpaired) electrons. The molecule has 28 heavy (non-hydrogen) atoms. The van der Waals surface area contributed by atoms with Gasteiger partial charge in [-0.15, -0.1) is 0 Å². The summed E-state index contributed by atoms with van der Waals surface area (Å²) >= 11 is 0. The molecule has 2 rings (SSSR count). The fraction of sp³-hybridized carbons (Fsp3) is 0.524. The molecular weight excluding hydrogens is 358 g/mol. The average Bonchev–Trinajstić information content (AvgIpc) is 2.83. The first kappa shape index (κ1) is 21.6.